The summed E-state index contributed by atoms with van der Waals surface area (Å²) in [4.78, 5) is 15.2. The summed E-state index contributed by atoms with van der Waals surface area (Å²) in [6.07, 6.45) is 5.29. The maximum atomic E-state index is 5.62. The normalized spacial score (nSPS) is 10.9. The molecule has 8 nitrogen and oxygen atoms in total. The molecule has 0 saturated carbocycles. The quantitative estimate of drug-likeness (QED) is 0.610. The van der Waals surface area contributed by atoms with E-state index in [0.717, 1.165) is 11.1 Å². The lowest BCUT2D eigenvalue weighted by atomic mass is 10.3. The minimum atomic E-state index is 0.197. The molecule has 0 aromatic carbocycles. The Morgan fingerprint density at radius 3 is 3.11 bits per heavy atom. The van der Waals surface area contributed by atoms with Crippen molar-refractivity contribution in [1.29, 1.82) is 0 Å². The number of rotatable bonds is 3. The van der Waals surface area contributed by atoms with Crippen molar-refractivity contribution >= 4 is 22.9 Å². The molecule has 3 aromatic heterocycles. The van der Waals surface area contributed by atoms with Gasteiger partial charge in [0.2, 0.25) is 5.95 Å². The predicted molar refractivity (Wildman–Crippen MR) is 66.6 cm³/mol. The maximum absolute atomic E-state index is 5.62. The molecule has 3 aromatic rings. The van der Waals surface area contributed by atoms with Crippen LogP contribution in [0.15, 0.2) is 18.7 Å². The molecule has 8 heteroatoms. The molecule has 0 atom stereocenters. The first-order valence-electron chi connectivity index (χ1n) is 5.40. The largest absolute Gasteiger partial charge is 0.368 e. The number of aromatic nitrogens is 6. The fourth-order valence-corrected chi connectivity index (χ4v) is 1.73. The third kappa shape index (κ3) is 1.83. The number of imidazole rings is 1. The first-order chi connectivity index (χ1) is 8.72. The summed E-state index contributed by atoms with van der Waals surface area (Å²) in [6, 6.07) is 0. The molecule has 0 amide bonds. The number of H-pyrrole nitrogens is 1. The lowest BCUT2D eigenvalue weighted by Crippen LogP contribution is -2.05. The van der Waals surface area contributed by atoms with E-state index in [0.29, 0.717) is 18.0 Å². The number of hydrogen-bond acceptors (Lipinski definition) is 6. The minimum Gasteiger partial charge on any atom is -0.368 e. The highest BCUT2D eigenvalue weighted by Crippen LogP contribution is 2.17. The number of aryl methyl sites for hydroxylation is 1. The third-order valence-electron chi connectivity index (χ3n) is 2.52. The molecule has 0 saturated heterocycles. The summed E-state index contributed by atoms with van der Waals surface area (Å²) in [5.74, 6) is 0.835. The first-order valence-corrected chi connectivity index (χ1v) is 5.40. The minimum absolute atomic E-state index is 0.197. The Bertz CT molecular complexity index is 682. The second-order valence-corrected chi connectivity index (χ2v) is 3.91. The van der Waals surface area contributed by atoms with Crippen LogP contribution in [0, 0.1) is 0 Å². The van der Waals surface area contributed by atoms with E-state index in [2.05, 4.69) is 30.4 Å². The Morgan fingerprint density at radius 2 is 2.33 bits per heavy atom. The van der Waals surface area contributed by atoms with Crippen LogP contribution in [-0.2, 0) is 13.6 Å². The SMILES string of the molecule is Cn1cc(CNc2nc(N)nc3nc[nH]c23)cn1. The van der Waals surface area contributed by atoms with E-state index in [1.807, 2.05) is 13.2 Å². The second-order valence-electron chi connectivity index (χ2n) is 3.91. The van der Waals surface area contributed by atoms with E-state index in [1.54, 1.807) is 17.2 Å². The van der Waals surface area contributed by atoms with Gasteiger partial charge in [-0.05, 0) is 0 Å². The van der Waals surface area contributed by atoms with E-state index in [4.69, 9.17) is 5.73 Å². The van der Waals surface area contributed by atoms with Crippen LogP contribution in [0.3, 0.4) is 0 Å². The molecule has 0 radical (unpaired) electrons. The van der Waals surface area contributed by atoms with Gasteiger partial charge < -0.3 is 16.0 Å². The molecule has 18 heavy (non-hydrogen) atoms. The lowest BCUT2D eigenvalue weighted by molar-refractivity contribution is 0.767. The number of nitrogens with zero attached hydrogens (tertiary/aromatic N) is 5. The van der Waals surface area contributed by atoms with Gasteiger partial charge in [0.05, 0.1) is 12.5 Å². The monoisotopic (exact) mass is 244 g/mol. The van der Waals surface area contributed by atoms with Crippen LogP contribution < -0.4 is 11.1 Å². The van der Waals surface area contributed by atoms with Crippen molar-refractivity contribution in [3.8, 4) is 0 Å². The molecular formula is C10H12N8. The fourth-order valence-electron chi connectivity index (χ4n) is 1.73. The summed E-state index contributed by atoms with van der Waals surface area (Å²) in [5.41, 5.74) is 7.98. The zero-order valence-corrected chi connectivity index (χ0v) is 9.75. The van der Waals surface area contributed by atoms with E-state index in [-0.39, 0.29) is 5.95 Å². The van der Waals surface area contributed by atoms with Crippen LogP contribution in [-0.4, -0.2) is 29.7 Å². The van der Waals surface area contributed by atoms with Crippen LogP contribution in [0.5, 0.6) is 0 Å². The van der Waals surface area contributed by atoms with Crippen molar-refractivity contribution in [1.82, 2.24) is 29.7 Å². The molecule has 3 rings (SSSR count). The van der Waals surface area contributed by atoms with Crippen molar-refractivity contribution in [3.63, 3.8) is 0 Å². The molecule has 0 bridgehead atoms. The average Bonchev–Trinajstić information content (AvgIpc) is 2.94. The Hall–Kier alpha value is -2.64. The number of hydrogen-bond donors (Lipinski definition) is 3. The zero-order chi connectivity index (χ0) is 12.5. The molecule has 0 aliphatic rings. The third-order valence-corrected chi connectivity index (χ3v) is 2.52. The molecule has 0 unspecified atom stereocenters. The number of nitrogens with two attached hydrogens (primary N) is 1. The number of aromatic amines is 1. The summed E-state index contributed by atoms with van der Waals surface area (Å²) < 4.78 is 1.75. The Kier molecular flexibility index (Phi) is 2.33. The molecule has 0 aliphatic carbocycles. The van der Waals surface area contributed by atoms with Crippen LogP contribution in [0.1, 0.15) is 5.56 Å². The predicted octanol–water partition coefficient (Wildman–Crippen LogP) is 0.281. The Labute approximate surface area is 102 Å². The van der Waals surface area contributed by atoms with Gasteiger partial charge in [0.1, 0.15) is 5.52 Å². The molecule has 3 heterocycles. The summed E-state index contributed by atoms with van der Waals surface area (Å²) in [5, 5.41) is 7.29. The van der Waals surface area contributed by atoms with Crippen molar-refractivity contribution in [2.24, 2.45) is 7.05 Å². The highest BCUT2D eigenvalue weighted by Gasteiger charge is 2.08. The molecule has 0 fully saturated rings. The van der Waals surface area contributed by atoms with Gasteiger partial charge in [0.25, 0.3) is 0 Å². The summed E-state index contributed by atoms with van der Waals surface area (Å²) >= 11 is 0. The van der Waals surface area contributed by atoms with Crippen molar-refractivity contribution in [2.75, 3.05) is 11.1 Å². The van der Waals surface area contributed by atoms with Crippen LogP contribution >= 0.6 is 0 Å². The van der Waals surface area contributed by atoms with Crippen LogP contribution in [0.25, 0.3) is 11.2 Å². The van der Waals surface area contributed by atoms with Gasteiger partial charge in [0, 0.05) is 25.4 Å². The van der Waals surface area contributed by atoms with E-state index in [9.17, 15) is 0 Å². The number of anilines is 2. The number of nitrogens with one attached hydrogen (secondary N) is 2. The van der Waals surface area contributed by atoms with E-state index >= 15 is 0 Å². The van der Waals surface area contributed by atoms with E-state index < -0.39 is 0 Å². The molecular weight excluding hydrogens is 232 g/mol. The van der Waals surface area contributed by atoms with Gasteiger partial charge >= 0.3 is 0 Å². The molecule has 4 N–H and O–H groups in total. The van der Waals surface area contributed by atoms with E-state index in [1.165, 1.54) is 0 Å². The second kappa shape index (κ2) is 3.99. The van der Waals surface area contributed by atoms with Gasteiger partial charge in [-0.2, -0.15) is 15.1 Å². The lowest BCUT2D eigenvalue weighted by Gasteiger charge is -2.05. The van der Waals surface area contributed by atoms with Gasteiger partial charge in [-0.3, -0.25) is 4.68 Å². The van der Waals surface area contributed by atoms with Gasteiger partial charge in [0.15, 0.2) is 11.5 Å². The van der Waals surface area contributed by atoms with Crippen molar-refractivity contribution < 1.29 is 0 Å². The van der Waals surface area contributed by atoms with Crippen molar-refractivity contribution in [3.05, 3.63) is 24.3 Å². The standard InChI is InChI=1S/C10H12N8/c1-18-4-6(3-15-18)2-12-8-7-9(14-5-13-7)17-10(11)16-8/h3-5H,2H2,1H3,(H4,11,12,13,14,16,17). The molecule has 0 aliphatic heterocycles. The van der Waals surface area contributed by atoms with Crippen LogP contribution in [0.2, 0.25) is 0 Å². The highest BCUT2D eigenvalue weighted by molar-refractivity contribution is 5.83. The van der Waals surface area contributed by atoms with Gasteiger partial charge in [-0.25, -0.2) is 4.98 Å². The Morgan fingerprint density at radius 1 is 1.44 bits per heavy atom. The summed E-state index contributed by atoms with van der Waals surface area (Å²) in [6.45, 7) is 0.610. The zero-order valence-electron chi connectivity index (χ0n) is 9.75. The molecule has 92 valence electrons. The molecule has 0 spiro atoms. The topological polar surface area (TPSA) is 110 Å². The van der Waals surface area contributed by atoms with Crippen molar-refractivity contribution in [2.45, 2.75) is 6.54 Å². The highest BCUT2D eigenvalue weighted by atomic mass is 15.2. The van der Waals surface area contributed by atoms with Crippen LogP contribution in [0.4, 0.5) is 11.8 Å². The summed E-state index contributed by atoms with van der Waals surface area (Å²) in [7, 11) is 1.87. The number of nitrogen functional groups attached to an aromatic ring is 1. The smallest absolute Gasteiger partial charge is 0.224 e. The first kappa shape index (κ1) is 10.5. The number of fused-ring (bicyclic) bond motifs is 1. The fraction of sp³-hybridized carbons (Fsp3) is 0.200. The van der Waals surface area contributed by atoms with Gasteiger partial charge in [-0.15, -0.1) is 0 Å². The van der Waals surface area contributed by atoms with Gasteiger partial charge in [-0.1, -0.05) is 0 Å². The maximum Gasteiger partial charge on any atom is 0.224 e. The average molecular weight is 244 g/mol. The Balaban J connectivity index is 1.87.